The molecule has 0 aliphatic carbocycles. The lowest BCUT2D eigenvalue weighted by atomic mass is 9.90. The Labute approximate surface area is 152 Å². The van der Waals surface area contributed by atoms with Crippen LogP contribution in [-0.2, 0) is 13.1 Å². The summed E-state index contributed by atoms with van der Waals surface area (Å²) in [5.74, 6) is 0.634. The van der Waals surface area contributed by atoms with Gasteiger partial charge in [-0.05, 0) is 42.9 Å². The van der Waals surface area contributed by atoms with Crippen LogP contribution in [0.1, 0.15) is 18.4 Å². The van der Waals surface area contributed by atoms with Crippen LogP contribution < -0.4 is 5.76 Å². The normalized spacial score (nSPS) is 16.0. The van der Waals surface area contributed by atoms with Gasteiger partial charge in [0.25, 0.3) is 0 Å². The van der Waals surface area contributed by atoms with Gasteiger partial charge in [-0.3, -0.25) is 9.88 Å². The minimum Gasteiger partial charge on any atom is -0.388 e. The Bertz CT molecular complexity index is 881. The Kier molecular flexibility index (Phi) is 4.93. The predicted molar refractivity (Wildman–Crippen MR) is 98.4 cm³/mol. The van der Waals surface area contributed by atoms with Crippen LogP contribution in [0, 0.1) is 5.92 Å². The largest absolute Gasteiger partial charge is 0.438 e. The lowest BCUT2D eigenvalue weighted by molar-refractivity contribution is 0.137. The molecule has 6 nitrogen and oxygen atoms in total. The average Bonchev–Trinajstić information content (AvgIpc) is 3.05. The molecule has 0 radical (unpaired) electrons. The molecule has 1 fully saturated rings. The van der Waals surface area contributed by atoms with Gasteiger partial charge in [0.05, 0.1) is 0 Å². The van der Waals surface area contributed by atoms with Crippen molar-refractivity contribution in [2.24, 2.45) is 5.92 Å². The van der Waals surface area contributed by atoms with Crippen LogP contribution in [0.15, 0.2) is 64.1 Å². The molecule has 0 spiro atoms. The molecule has 134 valence electrons. The molecule has 0 amide bonds. The SMILES string of the molecule is O=c1oc(-c2ccncc2)nn1CN1CCC(Cc2ccccc2)CC1. The van der Waals surface area contributed by atoms with Crippen molar-refractivity contribution < 1.29 is 4.42 Å². The first-order chi connectivity index (χ1) is 12.8. The molecule has 1 aliphatic rings. The monoisotopic (exact) mass is 350 g/mol. The summed E-state index contributed by atoms with van der Waals surface area (Å²) in [6.45, 7) is 2.42. The number of hydrogen-bond acceptors (Lipinski definition) is 5. The second-order valence-electron chi connectivity index (χ2n) is 6.80. The molecular weight excluding hydrogens is 328 g/mol. The molecule has 1 aliphatic heterocycles. The van der Waals surface area contributed by atoms with Crippen molar-refractivity contribution in [3.8, 4) is 11.5 Å². The van der Waals surface area contributed by atoms with Crippen LogP contribution in [0.4, 0.5) is 0 Å². The third kappa shape index (κ3) is 3.91. The fourth-order valence-corrected chi connectivity index (χ4v) is 3.48. The lowest BCUT2D eigenvalue weighted by Gasteiger charge is -2.31. The Morgan fingerprint density at radius 2 is 1.77 bits per heavy atom. The van der Waals surface area contributed by atoms with Gasteiger partial charge in [-0.15, -0.1) is 5.10 Å². The van der Waals surface area contributed by atoms with Gasteiger partial charge in [0.15, 0.2) is 0 Å². The van der Waals surface area contributed by atoms with Gasteiger partial charge in [-0.2, -0.15) is 4.68 Å². The van der Waals surface area contributed by atoms with Gasteiger partial charge in [-0.1, -0.05) is 30.3 Å². The molecule has 0 unspecified atom stereocenters. The quantitative estimate of drug-likeness (QED) is 0.708. The molecule has 3 aromatic rings. The van der Waals surface area contributed by atoms with E-state index in [2.05, 4.69) is 45.3 Å². The summed E-state index contributed by atoms with van der Waals surface area (Å²) < 4.78 is 6.69. The zero-order valence-electron chi connectivity index (χ0n) is 14.6. The Hall–Kier alpha value is -2.73. The van der Waals surface area contributed by atoms with E-state index >= 15 is 0 Å². The van der Waals surface area contributed by atoms with Crippen molar-refractivity contribution in [3.63, 3.8) is 0 Å². The van der Waals surface area contributed by atoms with Crippen LogP contribution >= 0.6 is 0 Å². The number of benzene rings is 1. The van der Waals surface area contributed by atoms with E-state index in [-0.39, 0.29) is 0 Å². The van der Waals surface area contributed by atoms with Crippen molar-refractivity contribution >= 4 is 0 Å². The Morgan fingerprint density at radius 1 is 1.04 bits per heavy atom. The summed E-state index contributed by atoms with van der Waals surface area (Å²) in [4.78, 5) is 18.3. The first kappa shape index (κ1) is 16.7. The van der Waals surface area contributed by atoms with Crippen molar-refractivity contribution in [2.45, 2.75) is 25.9 Å². The molecule has 0 saturated carbocycles. The summed E-state index contributed by atoms with van der Waals surface area (Å²) in [7, 11) is 0. The Balaban J connectivity index is 1.35. The van der Waals surface area contributed by atoms with Crippen LogP contribution in [0.5, 0.6) is 0 Å². The third-order valence-electron chi connectivity index (χ3n) is 4.94. The topological polar surface area (TPSA) is 64.2 Å². The second kappa shape index (κ2) is 7.66. The lowest BCUT2D eigenvalue weighted by Crippen LogP contribution is -2.38. The average molecular weight is 350 g/mol. The first-order valence-corrected chi connectivity index (χ1v) is 9.02. The minimum absolute atomic E-state index is 0.344. The van der Waals surface area contributed by atoms with Crippen LogP contribution in [-0.4, -0.2) is 32.8 Å². The number of nitrogens with zero attached hydrogens (tertiary/aromatic N) is 4. The Morgan fingerprint density at radius 3 is 2.50 bits per heavy atom. The van der Waals surface area contributed by atoms with Crippen molar-refractivity contribution in [3.05, 3.63) is 71.0 Å². The summed E-state index contributed by atoms with van der Waals surface area (Å²) >= 11 is 0. The molecule has 1 aromatic carbocycles. The highest BCUT2D eigenvalue weighted by Crippen LogP contribution is 2.22. The van der Waals surface area contributed by atoms with Gasteiger partial charge in [-0.25, -0.2) is 4.79 Å². The van der Waals surface area contributed by atoms with Crippen molar-refractivity contribution in [2.75, 3.05) is 13.1 Å². The van der Waals surface area contributed by atoms with E-state index in [1.807, 2.05) is 0 Å². The molecule has 4 rings (SSSR count). The summed E-state index contributed by atoms with van der Waals surface area (Å²) in [6.07, 6.45) is 6.72. The number of hydrogen-bond donors (Lipinski definition) is 0. The predicted octanol–water partition coefficient (Wildman–Crippen LogP) is 2.81. The highest BCUT2D eigenvalue weighted by Gasteiger charge is 2.21. The zero-order valence-corrected chi connectivity index (χ0v) is 14.6. The maximum atomic E-state index is 12.1. The standard InChI is InChI=1S/C20H22N4O2/c25-20-24(22-19(26-20)18-6-10-21-11-7-18)15-23-12-8-17(9-13-23)14-16-4-2-1-3-5-16/h1-7,10-11,17H,8-9,12-15H2. The highest BCUT2D eigenvalue weighted by atomic mass is 16.4. The smallest absolute Gasteiger partial charge is 0.388 e. The van der Waals surface area contributed by atoms with Gasteiger partial charge in [0.2, 0.25) is 5.89 Å². The van der Waals surface area contributed by atoms with Gasteiger partial charge < -0.3 is 4.42 Å². The number of pyridine rings is 1. The molecule has 1 saturated heterocycles. The number of aromatic nitrogens is 3. The van der Waals surface area contributed by atoms with E-state index in [0.29, 0.717) is 18.5 Å². The van der Waals surface area contributed by atoms with Gasteiger partial charge in [0.1, 0.15) is 6.67 Å². The highest BCUT2D eigenvalue weighted by molar-refractivity contribution is 5.50. The minimum atomic E-state index is -0.414. The van der Waals surface area contributed by atoms with Crippen LogP contribution in [0.25, 0.3) is 11.5 Å². The maximum Gasteiger partial charge on any atom is 0.438 e. The number of rotatable bonds is 5. The van der Waals surface area contributed by atoms with Crippen LogP contribution in [0.2, 0.25) is 0 Å². The molecule has 26 heavy (non-hydrogen) atoms. The molecule has 0 bridgehead atoms. The first-order valence-electron chi connectivity index (χ1n) is 9.02. The molecular formula is C20H22N4O2. The number of piperidine rings is 1. The third-order valence-corrected chi connectivity index (χ3v) is 4.94. The van der Waals surface area contributed by atoms with E-state index < -0.39 is 5.76 Å². The van der Waals surface area contributed by atoms with E-state index in [1.165, 1.54) is 10.2 Å². The maximum absolute atomic E-state index is 12.1. The van der Waals surface area contributed by atoms with E-state index in [4.69, 9.17) is 4.42 Å². The fourth-order valence-electron chi connectivity index (χ4n) is 3.48. The zero-order chi connectivity index (χ0) is 17.8. The molecule has 0 N–H and O–H groups in total. The molecule has 6 heteroatoms. The number of likely N-dealkylation sites (tertiary alicyclic amines) is 1. The fraction of sp³-hybridized carbons (Fsp3) is 0.350. The summed E-state index contributed by atoms with van der Waals surface area (Å²) in [5.41, 5.74) is 2.16. The summed E-state index contributed by atoms with van der Waals surface area (Å²) in [5, 5.41) is 4.33. The molecule has 3 heterocycles. The van der Waals surface area contributed by atoms with Gasteiger partial charge >= 0.3 is 5.76 Å². The second-order valence-corrected chi connectivity index (χ2v) is 6.80. The van der Waals surface area contributed by atoms with Crippen molar-refractivity contribution in [1.29, 1.82) is 0 Å². The van der Waals surface area contributed by atoms with Crippen molar-refractivity contribution in [1.82, 2.24) is 19.7 Å². The van der Waals surface area contributed by atoms with E-state index in [9.17, 15) is 4.79 Å². The van der Waals surface area contributed by atoms with E-state index in [1.54, 1.807) is 24.5 Å². The van der Waals surface area contributed by atoms with Gasteiger partial charge in [0, 0.05) is 31.0 Å². The van der Waals surface area contributed by atoms with E-state index in [0.717, 1.165) is 37.9 Å². The molecule has 0 atom stereocenters. The molecule has 2 aromatic heterocycles. The van der Waals surface area contributed by atoms with Crippen LogP contribution in [0.3, 0.4) is 0 Å². The summed E-state index contributed by atoms with van der Waals surface area (Å²) in [6, 6.07) is 14.2.